The minimum Gasteiger partial charge on any atom is -0.478 e. The summed E-state index contributed by atoms with van der Waals surface area (Å²) in [7, 11) is 0. The molecule has 0 radical (unpaired) electrons. The second kappa shape index (κ2) is 4.08. The van der Waals surface area contributed by atoms with E-state index in [0.717, 1.165) is 18.9 Å². The van der Waals surface area contributed by atoms with Crippen LogP contribution in [0.15, 0.2) is 10.5 Å². The lowest BCUT2D eigenvalue weighted by Crippen LogP contribution is -2.17. The first-order valence-corrected chi connectivity index (χ1v) is 5.35. The molecule has 0 unspecified atom stereocenters. The zero-order valence-electron chi connectivity index (χ0n) is 9.14. The molecular formula is C11H14N2O3. The Morgan fingerprint density at radius 2 is 2.12 bits per heavy atom. The van der Waals surface area contributed by atoms with Crippen LogP contribution < -0.4 is 0 Å². The molecule has 1 heterocycles. The van der Waals surface area contributed by atoms with Crippen LogP contribution in [0.5, 0.6) is 0 Å². The molecule has 2 rings (SSSR count). The van der Waals surface area contributed by atoms with E-state index in [9.17, 15) is 4.79 Å². The zero-order valence-corrected chi connectivity index (χ0v) is 9.14. The summed E-state index contributed by atoms with van der Waals surface area (Å²) >= 11 is 0. The van der Waals surface area contributed by atoms with Crippen molar-refractivity contribution in [3.05, 3.63) is 17.9 Å². The highest BCUT2D eigenvalue weighted by atomic mass is 16.4. The Hall–Kier alpha value is -1.65. The molecule has 1 N–H and O–H groups in total. The summed E-state index contributed by atoms with van der Waals surface area (Å²) in [6, 6.07) is 0. The van der Waals surface area contributed by atoms with Gasteiger partial charge in [-0.05, 0) is 12.8 Å². The van der Waals surface area contributed by atoms with Gasteiger partial charge in [0.2, 0.25) is 11.8 Å². The molecule has 1 aromatic heterocycles. The summed E-state index contributed by atoms with van der Waals surface area (Å²) in [5.74, 6) is -0.146. The summed E-state index contributed by atoms with van der Waals surface area (Å²) in [6.07, 6.45) is 6.78. The zero-order chi connectivity index (χ0) is 11.6. The van der Waals surface area contributed by atoms with Gasteiger partial charge in [0, 0.05) is 17.6 Å². The smallest absolute Gasteiger partial charge is 0.328 e. The normalized spacial score (nSPS) is 19.3. The summed E-state index contributed by atoms with van der Waals surface area (Å²) < 4.78 is 5.45. The van der Waals surface area contributed by atoms with Crippen LogP contribution in [0.25, 0.3) is 6.08 Å². The third-order valence-electron chi connectivity index (χ3n) is 3.03. The molecule has 0 amide bonds. The van der Waals surface area contributed by atoms with Crippen LogP contribution in [-0.4, -0.2) is 21.3 Å². The molecule has 1 fully saturated rings. The quantitative estimate of drug-likeness (QED) is 0.791. The van der Waals surface area contributed by atoms with E-state index in [0.29, 0.717) is 5.89 Å². The standard InChI is InChI=1S/C11H14N2O3/c1-11(6-2-3-7-11)10-13-12-8(16-10)4-5-9(14)15/h4-5H,2-3,6-7H2,1H3,(H,14,15)/b5-4+. The van der Waals surface area contributed by atoms with Gasteiger partial charge in [-0.2, -0.15) is 0 Å². The monoisotopic (exact) mass is 222 g/mol. The lowest BCUT2D eigenvalue weighted by Gasteiger charge is -2.17. The highest BCUT2D eigenvalue weighted by Gasteiger charge is 2.35. The molecule has 0 aromatic carbocycles. The van der Waals surface area contributed by atoms with Gasteiger partial charge >= 0.3 is 5.97 Å². The highest BCUT2D eigenvalue weighted by molar-refractivity contribution is 5.84. The Labute approximate surface area is 93.2 Å². The fraction of sp³-hybridized carbons (Fsp3) is 0.545. The molecule has 0 aliphatic heterocycles. The van der Waals surface area contributed by atoms with Gasteiger partial charge in [-0.15, -0.1) is 10.2 Å². The SMILES string of the molecule is CC1(c2nnc(/C=C/C(=O)O)o2)CCCC1. The number of carbonyl (C=O) groups is 1. The van der Waals surface area contributed by atoms with Crippen molar-refractivity contribution >= 4 is 12.0 Å². The van der Waals surface area contributed by atoms with Crippen LogP contribution in [0, 0.1) is 0 Å². The van der Waals surface area contributed by atoms with Crippen molar-refractivity contribution in [2.75, 3.05) is 0 Å². The third kappa shape index (κ3) is 2.13. The molecule has 0 saturated heterocycles. The van der Waals surface area contributed by atoms with E-state index in [4.69, 9.17) is 9.52 Å². The van der Waals surface area contributed by atoms with Crippen LogP contribution in [0.3, 0.4) is 0 Å². The van der Waals surface area contributed by atoms with Crippen molar-refractivity contribution in [1.82, 2.24) is 10.2 Å². The van der Waals surface area contributed by atoms with E-state index >= 15 is 0 Å². The van der Waals surface area contributed by atoms with Gasteiger partial charge in [0.15, 0.2) is 0 Å². The second-order valence-corrected chi connectivity index (χ2v) is 4.38. The van der Waals surface area contributed by atoms with Crippen molar-refractivity contribution in [2.45, 2.75) is 38.0 Å². The van der Waals surface area contributed by atoms with E-state index in [1.54, 1.807) is 0 Å². The van der Waals surface area contributed by atoms with Crippen molar-refractivity contribution in [2.24, 2.45) is 0 Å². The molecule has 86 valence electrons. The lowest BCUT2D eigenvalue weighted by atomic mass is 9.89. The Morgan fingerprint density at radius 3 is 2.75 bits per heavy atom. The topological polar surface area (TPSA) is 76.2 Å². The molecule has 5 heteroatoms. The number of rotatable bonds is 3. The van der Waals surface area contributed by atoms with Crippen molar-refractivity contribution in [3.63, 3.8) is 0 Å². The van der Waals surface area contributed by atoms with Gasteiger partial charge < -0.3 is 9.52 Å². The number of carboxylic acid groups (broad SMARTS) is 1. The first-order chi connectivity index (χ1) is 7.60. The Bertz CT molecular complexity index is 417. The minimum atomic E-state index is -1.02. The van der Waals surface area contributed by atoms with Gasteiger partial charge in [0.05, 0.1) is 0 Å². The number of aliphatic carboxylic acids is 1. The Kier molecular flexibility index (Phi) is 2.77. The van der Waals surface area contributed by atoms with Gasteiger partial charge in [-0.25, -0.2) is 4.79 Å². The number of aromatic nitrogens is 2. The highest BCUT2D eigenvalue weighted by Crippen LogP contribution is 2.39. The average molecular weight is 222 g/mol. The van der Waals surface area contributed by atoms with Gasteiger partial charge in [0.1, 0.15) is 0 Å². The van der Waals surface area contributed by atoms with Crippen LogP contribution >= 0.6 is 0 Å². The minimum absolute atomic E-state index is 0.0255. The largest absolute Gasteiger partial charge is 0.478 e. The third-order valence-corrected chi connectivity index (χ3v) is 3.03. The van der Waals surface area contributed by atoms with E-state index in [2.05, 4.69) is 17.1 Å². The van der Waals surface area contributed by atoms with Gasteiger partial charge in [-0.1, -0.05) is 19.8 Å². The van der Waals surface area contributed by atoms with Crippen molar-refractivity contribution < 1.29 is 14.3 Å². The molecule has 1 aliphatic carbocycles. The Balaban J connectivity index is 2.16. The van der Waals surface area contributed by atoms with Crippen LogP contribution in [0.2, 0.25) is 0 Å². The van der Waals surface area contributed by atoms with Crippen LogP contribution in [0.4, 0.5) is 0 Å². The molecule has 0 atom stereocenters. The first-order valence-electron chi connectivity index (χ1n) is 5.35. The maximum Gasteiger partial charge on any atom is 0.328 e. The van der Waals surface area contributed by atoms with Gasteiger partial charge in [-0.3, -0.25) is 0 Å². The lowest BCUT2D eigenvalue weighted by molar-refractivity contribution is -0.131. The molecule has 1 aromatic rings. The summed E-state index contributed by atoms with van der Waals surface area (Å²) in [5.41, 5.74) is -0.0255. The molecule has 16 heavy (non-hydrogen) atoms. The molecule has 5 nitrogen and oxygen atoms in total. The second-order valence-electron chi connectivity index (χ2n) is 4.38. The predicted molar refractivity (Wildman–Crippen MR) is 56.8 cm³/mol. The van der Waals surface area contributed by atoms with E-state index in [1.165, 1.54) is 18.9 Å². The molecule has 1 saturated carbocycles. The van der Waals surface area contributed by atoms with Crippen LogP contribution in [0.1, 0.15) is 44.4 Å². The fourth-order valence-electron chi connectivity index (χ4n) is 2.06. The summed E-state index contributed by atoms with van der Waals surface area (Å²) in [4.78, 5) is 10.3. The van der Waals surface area contributed by atoms with Crippen molar-refractivity contribution in [3.8, 4) is 0 Å². The van der Waals surface area contributed by atoms with E-state index in [-0.39, 0.29) is 11.3 Å². The molecule has 1 aliphatic rings. The number of hydrogen-bond acceptors (Lipinski definition) is 4. The molecule has 0 bridgehead atoms. The summed E-state index contributed by atoms with van der Waals surface area (Å²) in [6.45, 7) is 2.11. The van der Waals surface area contributed by atoms with Crippen LogP contribution in [-0.2, 0) is 10.2 Å². The maximum absolute atomic E-state index is 10.3. The molecule has 0 spiro atoms. The maximum atomic E-state index is 10.3. The van der Waals surface area contributed by atoms with E-state index < -0.39 is 5.97 Å². The van der Waals surface area contributed by atoms with E-state index in [1.807, 2.05) is 0 Å². The average Bonchev–Trinajstić information content (AvgIpc) is 2.84. The number of nitrogens with zero attached hydrogens (tertiary/aromatic N) is 2. The predicted octanol–water partition coefficient (Wildman–Crippen LogP) is 2.00. The van der Waals surface area contributed by atoms with Crippen molar-refractivity contribution in [1.29, 1.82) is 0 Å². The Morgan fingerprint density at radius 1 is 1.44 bits per heavy atom. The fourth-order valence-corrected chi connectivity index (χ4v) is 2.06. The summed E-state index contributed by atoms with van der Waals surface area (Å²) in [5, 5.41) is 16.3. The number of carboxylic acids is 1. The van der Waals surface area contributed by atoms with Gasteiger partial charge in [0.25, 0.3) is 0 Å². The first kappa shape index (κ1) is 10.9. The number of hydrogen-bond donors (Lipinski definition) is 1. The molecular weight excluding hydrogens is 208 g/mol.